The summed E-state index contributed by atoms with van der Waals surface area (Å²) in [5, 5.41) is 0. The molecule has 0 atom stereocenters. The minimum Gasteiger partial charge on any atom is -0.326 e. The van der Waals surface area contributed by atoms with Crippen molar-refractivity contribution in [2.24, 2.45) is 5.73 Å². The van der Waals surface area contributed by atoms with E-state index in [1.165, 1.54) is 22.3 Å². The quantitative estimate of drug-likeness (QED) is 0.772. The molecule has 0 fully saturated rings. The molecule has 0 bridgehead atoms. The van der Waals surface area contributed by atoms with Crippen LogP contribution in [-0.4, -0.2) is 9.38 Å². The lowest BCUT2D eigenvalue weighted by molar-refractivity contribution is 1.03. The van der Waals surface area contributed by atoms with Crippen LogP contribution >= 0.6 is 0 Å². The highest BCUT2D eigenvalue weighted by Gasteiger charge is 2.09. The minimum atomic E-state index is 0.548. The first-order chi connectivity index (χ1) is 9.58. The highest BCUT2D eigenvalue weighted by Crippen LogP contribution is 2.26. The Morgan fingerprint density at radius 3 is 2.50 bits per heavy atom. The first kappa shape index (κ1) is 12.9. The van der Waals surface area contributed by atoms with Gasteiger partial charge in [-0.1, -0.05) is 12.1 Å². The number of pyridine rings is 1. The normalized spacial score (nSPS) is 11.2. The summed E-state index contributed by atoms with van der Waals surface area (Å²) in [4.78, 5) is 4.71. The molecule has 0 amide bonds. The zero-order valence-corrected chi connectivity index (χ0v) is 12.1. The number of benzene rings is 1. The summed E-state index contributed by atoms with van der Waals surface area (Å²) in [6.07, 6.45) is 4.12. The van der Waals surface area contributed by atoms with E-state index in [1.807, 2.05) is 22.7 Å². The van der Waals surface area contributed by atoms with Gasteiger partial charge < -0.3 is 10.1 Å². The highest BCUT2D eigenvalue weighted by atomic mass is 15.0. The molecule has 3 rings (SSSR count). The van der Waals surface area contributed by atoms with Crippen LogP contribution in [0.3, 0.4) is 0 Å². The molecule has 3 aromatic rings. The van der Waals surface area contributed by atoms with E-state index in [-0.39, 0.29) is 0 Å². The molecular weight excluding hydrogens is 246 g/mol. The third-order valence-electron chi connectivity index (χ3n) is 3.86. The average Bonchev–Trinajstić information content (AvgIpc) is 2.85. The molecule has 1 aromatic carbocycles. The van der Waals surface area contributed by atoms with Crippen LogP contribution in [0.4, 0.5) is 0 Å². The van der Waals surface area contributed by atoms with Gasteiger partial charge in [-0.25, -0.2) is 4.98 Å². The fraction of sp³-hybridized carbons (Fsp3) is 0.235. The van der Waals surface area contributed by atoms with E-state index in [1.54, 1.807) is 0 Å². The third kappa shape index (κ3) is 2.10. The van der Waals surface area contributed by atoms with Crippen molar-refractivity contribution in [2.75, 3.05) is 0 Å². The smallest absolute Gasteiger partial charge is 0.137 e. The van der Waals surface area contributed by atoms with E-state index in [0.717, 1.165) is 16.9 Å². The van der Waals surface area contributed by atoms with Crippen LogP contribution in [0.15, 0.2) is 36.7 Å². The van der Waals surface area contributed by atoms with Crippen molar-refractivity contribution in [2.45, 2.75) is 27.3 Å². The molecule has 2 aromatic heterocycles. The number of nitrogens with two attached hydrogens (primary N) is 1. The number of hydrogen-bond acceptors (Lipinski definition) is 2. The zero-order chi connectivity index (χ0) is 14.3. The first-order valence-corrected chi connectivity index (χ1v) is 6.84. The monoisotopic (exact) mass is 265 g/mol. The molecule has 0 saturated carbocycles. The largest absolute Gasteiger partial charge is 0.326 e. The molecule has 0 aliphatic carbocycles. The van der Waals surface area contributed by atoms with Crippen LogP contribution in [-0.2, 0) is 6.54 Å². The summed E-state index contributed by atoms with van der Waals surface area (Å²) in [5.41, 5.74) is 13.8. The molecule has 2 N–H and O–H groups in total. The van der Waals surface area contributed by atoms with Gasteiger partial charge in [-0.2, -0.15) is 0 Å². The Morgan fingerprint density at radius 2 is 1.75 bits per heavy atom. The fourth-order valence-corrected chi connectivity index (χ4v) is 2.52. The number of aryl methyl sites for hydroxylation is 3. The Kier molecular flexibility index (Phi) is 3.07. The molecule has 0 spiro atoms. The summed E-state index contributed by atoms with van der Waals surface area (Å²) in [7, 11) is 0. The van der Waals surface area contributed by atoms with Crippen molar-refractivity contribution in [1.82, 2.24) is 9.38 Å². The van der Waals surface area contributed by atoms with Crippen LogP contribution in [0.2, 0.25) is 0 Å². The van der Waals surface area contributed by atoms with Gasteiger partial charge in [-0.3, -0.25) is 0 Å². The average molecular weight is 265 g/mol. The van der Waals surface area contributed by atoms with E-state index in [0.29, 0.717) is 6.54 Å². The van der Waals surface area contributed by atoms with Gasteiger partial charge in [-0.05, 0) is 55.2 Å². The van der Waals surface area contributed by atoms with Gasteiger partial charge in [0.25, 0.3) is 0 Å². The van der Waals surface area contributed by atoms with Crippen molar-refractivity contribution in [3.63, 3.8) is 0 Å². The lowest BCUT2D eigenvalue weighted by Gasteiger charge is -2.07. The maximum absolute atomic E-state index is 5.69. The second-order valence-corrected chi connectivity index (χ2v) is 5.38. The number of imidazole rings is 1. The topological polar surface area (TPSA) is 43.3 Å². The van der Waals surface area contributed by atoms with E-state index >= 15 is 0 Å². The van der Waals surface area contributed by atoms with Crippen LogP contribution in [0, 0.1) is 20.8 Å². The van der Waals surface area contributed by atoms with Gasteiger partial charge in [0.15, 0.2) is 0 Å². The molecule has 0 aliphatic heterocycles. The van der Waals surface area contributed by atoms with Gasteiger partial charge in [0.05, 0.1) is 5.69 Å². The van der Waals surface area contributed by atoms with Crippen molar-refractivity contribution in [1.29, 1.82) is 0 Å². The van der Waals surface area contributed by atoms with Crippen LogP contribution in [0.1, 0.15) is 22.3 Å². The Balaban J connectivity index is 2.17. The van der Waals surface area contributed by atoms with Crippen molar-refractivity contribution in [3.05, 3.63) is 58.9 Å². The minimum absolute atomic E-state index is 0.548. The lowest BCUT2D eigenvalue weighted by Crippen LogP contribution is -1.97. The van der Waals surface area contributed by atoms with Gasteiger partial charge in [0.1, 0.15) is 5.65 Å². The molecule has 20 heavy (non-hydrogen) atoms. The Morgan fingerprint density at radius 1 is 1.00 bits per heavy atom. The van der Waals surface area contributed by atoms with Gasteiger partial charge >= 0.3 is 0 Å². The zero-order valence-electron chi connectivity index (χ0n) is 12.1. The third-order valence-corrected chi connectivity index (χ3v) is 3.86. The number of fused-ring (bicyclic) bond motifs is 1. The van der Waals surface area contributed by atoms with Gasteiger partial charge in [-0.15, -0.1) is 0 Å². The summed E-state index contributed by atoms with van der Waals surface area (Å²) in [6.45, 7) is 6.97. The molecule has 0 radical (unpaired) electrons. The number of nitrogens with zero attached hydrogens (tertiary/aromatic N) is 2. The molecular formula is C17H19N3. The van der Waals surface area contributed by atoms with Crippen LogP contribution < -0.4 is 5.73 Å². The lowest BCUT2D eigenvalue weighted by atomic mass is 9.99. The Hall–Kier alpha value is -2.13. The van der Waals surface area contributed by atoms with E-state index < -0.39 is 0 Å². The van der Waals surface area contributed by atoms with E-state index in [4.69, 9.17) is 10.7 Å². The summed E-state index contributed by atoms with van der Waals surface area (Å²) < 4.78 is 2.05. The number of hydrogen-bond donors (Lipinski definition) is 1. The molecule has 0 saturated heterocycles. The molecule has 3 nitrogen and oxygen atoms in total. The van der Waals surface area contributed by atoms with Crippen LogP contribution in [0.5, 0.6) is 0 Å². The maximum Gasteiger partial charge on any atom is 0.137 e. The summed E-state index contributed by atoms with van der Waals surface area (Å²) in [6, 6.07) is 8.48. The molecule has 0 aliphatic rings. The first-order valence-electron chi connectivity index (χ1n) is 6.84. The van der Waals surface area contributed by atoms with E-state index in [9.17, 15) is 0 Å². The Bertz CT molecular complexity index is 784. The second kappa shape index (κ2) is 4.76. The summed E-state index contributed by atoms with van der Waals surface area (Å²) in [5.74, 6) is 0. The second-order valence-electron chi connectivity index (χ2n) is 5.38. The standard InChI is InChI=1S/C17H19N3/c1-11-6-13(3)15(7-12(11)2)16-10-20-9-14(8-18)4-5-17(20)19-16/h4-7,9-10H,8,18H2,1-3H3. The maximum atomic E-state index is 5.69. The van der Waals surface area contributed by atoms with Gasteiger partial charge in [0, 0.05) is 24.5 Å². The molecule has 3 heteroatoms. The predicted octanol–water partition coefficient (Wildman–Crippen LogP) is 3.39. The van der Waals surface area contributed by atoms with Gasteiger partial charge in [0.2, 0.25) is 0 Å². The van der Waals surface area contributed by atoms with Crippen molar-refractivity contribution in [3.8, 4) is 11.3 Å². The summed E-state index contributed by atoms with van der Waals surface area (Å²) >= 11 is 0. The molecule has 102 valence electrons. The van der Waals surface area contributed by atoms with E-state index in [2.05, 4.69) is 39.1 Å². The fourth-order valence-electron chi connectivity index (χ4n) is 2.52. The molecule has 2 heterocycles. The predicted molar refractivity (Wildman–Crippen MR) is 82.7 cm³/mol. The highest BCUT2D eigenvalue weighted by molar-refractivity contribution is 5.67. The SMILES string of the molecule is Cc1cc(C)c(-c2cn3cc(CN)ccc3n2)cc1C. The van der Waals surface area contributed by atoms with Crippen molar-refractivity contribution >= 4 is 5.65 Å². The molecule has 0 unspecified atom stereocenters. The number of aromatic nitrogens is 2. The Labute approximate surface area is 119 Å². The van der Waals surface area contributed by atoms with Crippen molar-refractivity contribution < 1.29 is 0 Å². The number of rotatable bonds is 2. The van der Waals surface area contributed by atoms with Crippen LogP contribution in [0.25, 0.3) is 16.9 Å².